The van der Waals surface area contributed by atoms with Crippen molar-refractivity contribution in [2.24, 2.45) is 5.73 Å². The third-order valence-corrected chi connectivity index (χ3v) is 6.51. The van der Waals surface area contributed by atoms with Crippen molar-refractivity contribution in [3.8, 4) is 0 Å². The first-order valence-electron chi connectivity index (χ1n) is 11.5. The molecule has 0 unspecified atom stereocenters. The lowest BCUT2D eigenvalue weighted by molar-refractivity contribution is -0.0980. The smallest absolute Gasteiger partial charge is 0.336 e. The largest absolute Gasteiger partial charge is 0.478 e. The van der Waals surface area contributed by atoms with Crippen LogP contribution >= 0.6 is 0 Å². The molecule has 2 aliphatic carbocycles. The Kier molecular flexibility index (Phi) is 10.2. The van der Waals surface area contributed by atoms with Gasteiger partial charge in [-0.3, -0.25) is 4.79 Å². The molecule has 0 aromatic heterocycles. The molecule has 0 atom stereocenters. The number of hydrogen-bond donors (Lipinski definition) is 3. The predicted octanol–water partition coefficient (Wildman–Crippen LogP) is 5.19. The number of aldehydes is 1. The van der Waals surface area contributed by atoms with Crippen molar-refractivity contribution >= 4 is 35.8 Å². The van der Waals surface area contributed by atoms with Crippen molar-refractivity contribution in [2.45, 2.75) is 76.2 Å². The summed E-state index contributed by atoms with van der Waals surface area (Å²) in [6.07, 6.45) is 12.5. The number of fused-ring (bicyclic) bond motifs is 1. The van der Waals surface area contributed by atoms with Gasteiger partial charge in [0.1, 0.15) is 6.79 Å². The lowest BCUT2D eigenvalue weighted by Crippen LogP contribution is -2.22. The summed E-state index contributed by atoms with van der Waals surface area (Å²) in [5.74, 6) is -2.08. The van der Waals surface area contributed by atoms with E-state index in [1.807, 2.05) is 6.79 Å². The van der Waals surface area contributed by atoms with Gasteiger partial charge in [-0.25, -0.2) is 9.59 Å². The maximum atomic E-state index is 11.7. The highest BCUT2D eigenvalue weighted by atomic mass is 16.4. The van der Waals surface area contributed by atoms with Gasteiger partial charge in [0.05, 0.1) is 11.1 Å². The van der Waals surface area contributed by atoms with Gasteiger partial charge in [0.25, 0.3) is 0 Å². The Balaban J connectivity index is 0.000000362. The van der Waals surface area contributed by atoms with Gasteiger partial charge in [0, 0.05) is 22.4 Å². The summed E-state index contributed by atoms with van der Waals surface area (Å²) in [6, 6.07) is 6.53. The van der Waals surface area contributed by atoms with E-state index in [1.54, 1.807) is 6.07 Å². The van der Waals surface area contributed by atoms with Crippen LogP contribution in [0.25, 0.3) is 10.8 Å². The van der Waals surface area contributed by atoms with E-state index >= 15 is 0 Å². The fourth-order valence-corrected chi connectivity index (χ4v) is 4.89. The van der Waals surface area contributed by atoms with E-state index in [4.69, 9.17) is 10.5 Å². The first-order valence-corrected chi connectivity index (χ1v) is 11.5. The maximum absolute atomic E-state index is 11.7. The average Bonchev–Trinajstić information content (AvgIpc) is 2.85. The molecule has 33 heavy (non-hydrogen) atoms. The molecule has 2 saturated carbocycles. The third kappa shape index (κ3) is 6.48. The van der Waals surface area contributed by atoms with Crippen molar-refractivity contribution in [1.29, 1.82) is 0 Å². The van der Waals surface area contributed by atoms with Crippen LogP contribution in [0, 0.1) is 0 Å². The van der Waals surface area contributed by atoms with Crippen LogP contribution in [-0.2, 0) is 4.79 Å². The van der Waals surface area contributed by atoms with Gasteiger partial charge in [0.2, 0.25) is 0 Å². The van der Waals surface area contributed by atoms with Crippen LogP contribution in [-0.4, -0.2) is 41.3 Å². The molecule has 7 nitrogen and oxygen atoms in total. The molecule has 2 aliphatic rings. The number of aromatic carboxylic acids is 2. The predicted molar refractivity (Wildman–Crippen MR) is 127 cm³/mol. The summed E-state index contributed by atoms with van der Waals surface area (Å²) in [5, 5.41) is 19.7. The lowest BCUT2D eigenvalue weighted by atomic mass is 9.80. The van der Waals surface area contributed by atoms with Crippen molar-refractivity contribution in [3.05, 3.63) is 46.5 Å². The fourth-order valence-electron chi connectivity index (χ4n) is 4.89. The van der Waals surface area contributed by atoms with E-state index in [0.29, 0.717) is 17.7 Å². The quantitative estimate of drug-likeness (QED) is 0.540. The second-order valence-corrected chi connectivity index (χ2v) is 8.62. The number of carbonyl (C=O) groups is 4. The number of carbonyl (C=O) groups excluding carboxylic acids is 2. The van der Waals surface area contributed by atoms with Gasteiger partial charge in [0.15, 0.2) is 6.29 Å². The normalized spacial score (nSPS) is 16.6. The Bertz CT molecular complexity index is 974. The van der Waals surface area contributed by atoms with Gasteiger partial charge in [-0.2, -0.15) is 0 Å². The number of nitrogens with two attached hydrogens (primary N) is 1. The zero-order valence-corrected chi connectivity index (χ0v) is 18.9. The zero-order valence-electron chi connectivity index (χ0n) is 18.9. The topological polar surface area (TPSA) is 135 Å². The Morgan fingerprint density at radius 1 is 0.788 bits per heavy atom. The van der Waals surface area contributed by atoms with Gasteiger partial charge >= 0.3 is 11.9 Å². The number of carboxylic acids is 2. The molecule has 7 heteroatoms. The monoisotopic (exact) mass is 455 g/mol. The molecule has 4 N–H and O–H groups in total. The summed E-state index contributed by atoms with van der Waals surface area (Å²) in [6.45, 7) is 2.00. The Morgan fingerprint density at radius 3 is 1.73 bits per heavy atom. The highest BCUT2D eigenvalue weighted by Gasteiger charge is 2.25. The second kappa shape index (κ2) is 12.8. The number of hydrogen-bond acceptors (Lipinski definition) is 5. The summed E-state index contributed by atoms with van der Waals surface area (Å²) in [4.78, 5) is 42.7. The van der Waals surface area contributed by atoms with Crippen LogP contribution < -0.4 is 5.73 Å². The molecule has 2 aromatic rings. The van der Waals surface area contributed by atoms with E-state index in [2.05, 4.69) is 0 Å². The van der Waals surface area contributed by atoms with Crippen LogP contribution in [0.1, 0.15) is 107 Å². The van der Waals surface area contributed by atoms with E-state index < -0.39 is 11.9 Å². The second-order valence-electron chi connectivity index (χ2n) is 8.62. The molecule has 178 valence electrons. The van der Waals surface area contributed by atoms with Crippen molar-refractivity contribution in [3.63, 3.8) is 0 Å². The fraction of sp³-hybridized carbons (Fsp3) is 0.462. The average molecular weight is 456 g/mol. The molecular formula is C26H33NO6. The standard InChI is InChI=1S/C19H18O5.C6H13N.CH2O/c20-10-12-6-7-15(19(23)24)17-13(11-4-2-1-3-5-11)8-9-14(16(12)17)18(21)22;7-6-4-2-1-3-5-6;1-2/h6-11H,1-5H2,(H,21,22)(H,23,24);6H,1-5,7H2;1H2. The Labute approximate surface area is 194 Å². The van der Waals surface area contributed by atoms with Crippen LogP contribution in [0.2, 0.25) is 0 Å². The van der Waals surface area contributed by atoms with Gasteiger partial charge in [-0.15, -0.1) is 0 Å². The highest BCUT2D eigenvalue weighted by molar-refractivity contribution is 6.16. The zero-order chi connectivity index (χ0) is 24.4. The summed E-state index contributed by atoms with van der Waals surface area (Å²) in [7, 11) is 0. The molecule has 0 aliphatic heterocycles. The van der Waals surface area contributed by atoms with Crippen molar-refractivity contribution in [2.75, 3.05) is 0 Å². The molecule has 0 radical (unpaired) electrons. The Morgan fingerprint density at radius 2 is 1.27 bits per heavy atom. The maximum Gasteiger partial charge on any atom is 0.336 e. The summed E-state index contributed by atoms with van der Waals surface area (Å²) >= 11 is 0. The minimum atomic E-state index is -1.17. The van der Waals surface area contributed by atoms with Crippen molar-refractivity contribution in [1.82, 2.24) is 0 Å². The molecule has 0 saturated heterocycles. The van der Waals surface area contributed by atoms with E-state index in [1.165, 1.54) is 50.3 Å². The van der Waals surface area contributed by atoms with Crippen LogP contribution in [0.3, 0.4) is 0 Å². The van der Waals surface area contributed by atoms with Gasteiger partial charge < -0.3 is 20.7 Å². The number of benzene rings is 2. The van der Waals surface area contributed by atoms with Crippen LogP contribution in [0.15, 0.2) is 24.3 Å². The highest BCUT2D eigenvalue weighted by Crippen LogP contribution is 2.39. The molecular weight excluding hydrogens is 422 g/mol. The first-order chi connectivity index (χ1) is 15.9. The number of rotatable bonds is 4. The molecule has 4 rings (SSSR count). The van der Waals surface area contributed by atoms with Crippen LogP contribution in [0.5, 0.6) is 0 Å². The lowest BCUT2D eigenvalue weighted by Gasteiger charge is -2.25. The molecule has 2 fully saturated rings. The van der Waals surface area contributed by atoms with E-state index in [-0.39, 0.29) is 28.0 Å². The van der Waals surface area contributed by atoms with E-state index in [9.17, 15) is 24.6 Å². The molecule has 0 heterocycles. The minimum absolute atomic E-state index is 0.0326. The molecule has 0 amide bonds. The SMILES string of the molecule is C=O.NC1CCCCC1.O=Cc1ccc(C(=O)O)c2c(C3CCCCC3)ccc(C(=O)O)c12. The summed E-state index contributed by atoms with van der Waals surface area (Å²) < 4.78 is 0. The molecule has 2 aromatic carbocycles. The van der Waals surface area contributed by atoms with Gasteiger partial charge in [-0.1, -0.05) is 50.7 Å². The third-order valence-electron chi connectivity index (χ3n) is 6.51. The summed E-state index contributed by atoms with van der Waals surface area (Å²) in [5.41, 5.74) is 6.71. The molecule has 0 bridgehead atoms. The van der Waals surface area contributed by atoms with Crippen molar-refractivity contribution < 1.29 is 29.4 Å². The minimum Gasteiger partial charge on any atom is -0.478 e. The van der Waals surface area contributed by atoms with E-state index in [0.717, 1.165) is 37.7 Å². The van der Waals surface area contributed by atoms with Crippen LogP contribution in [0.4, 0.5) is 0 Å². The first kappa shape index (κ1) is 26.2. The van der Waals surface area contributed by atoms with Gasteiger partial charge in [-0.05, 0) is 49.3 Å². The number of carboxylic acid groups (broad SMARTS) is 2. The molecule has 0 spiro atoms. The Hall–Kier alpha value is -3.06.